The predicted molar refractivity (Wildman–Crippen MR) is 226 cm³/mol. The highest BCUT2D eigenvalue weighted by Crippen LogP contribution is 2.53. The average molecular weight is 714 g/mol. The Balaban J connectivity index is 1.26. The highest BCUT2D eigenvalue weighted by atomic mass is 15.2. The standard InChI is InChI=1S/C50H43N5/c1-32-27-34-28-33(2)30-50(29-32,31-34)48-51-47(52-49(53-48)55-44-25-12-8-19-39(44)40-20-9-13-26-45(40)55)41-22-14-21-36(35-15-4-3-5-16-35)46(41)54-42-23-10-6-17-37(42)38-18-7-11-24-43(38)54/h3-26,32-34H,27-31H2,1-2H3/t32-,33+,34?,50?. The molecule has 0 saturated heterocycles. The van der Waals surface area contributed by atoms with E-state index in [1.54, 1.807) is 0 Å². The van der Waals surface area contributed by atoms with Gasteiger partial charge in [0.15, 0.2) is 5.82 Å². The zero-order valence-electron chi connectivity index (χ0n) is 31.4. The van der Waals surface area contributed by atoms with Crippen molar-refractivity contribution in [3.8, 4) is 34.2 Å². The monoisotopic (exact) mass is 713 g/mol. The quantitative estimate of drug-likeness (QED) is 0.178. The fourth-order valence-electron chi connectivity index (χ4n) is 10.9. The molecular formula is C50H43N5. The van der Waals surface area contributed by atoms with E-state index in [1.165, 1.54) is 34.4 Å². The minimum atomic E-state index is -0.102. The van der Waals surface area contributed by atoms with Crippen LogP contribution in [-0.4, -0.2) is 24.1 Å². The third kappa shape index (κ3) is 5.09. The molecular weight excluding hydrogens is 671 g/mol. The lowest BCUT2D eigenvalue weighted by molar-refractivity contribution is 0.0719. The van der Waals surface area contributed by atoms with Gasteiger partial charge in [0.05, 0.1) is 27.8 Å². The second-order valence-electron chi connectivity index (χ2n) is 16.5. The average Bonchev–Trinajstić information content (AvgIpc) is 3.73. The van der Waals surface area contributed by atoms with Crippen molar-refractivity contribution in [1.82, 2.24) is 24.1 Å². The van der Waals surface area contributed by atoms with Crippen LogP contribution in [0.25, 0.3) is 77.8 Å². The Morgan fingerprint density at radius 3 is 1.53 bits per heavy atom. The minimum absolute atomic E-state index is 0.102. The summed E-state index contributed by atoms with van der Waals surface area (Å²) in [6.07, 6.45) is 5.94. The molecule has 6 aromatic carbocycles. The Morgan fingerprint density at radius 2 is 0.964 bits per heavy atom. The van der Waals surface area contributed by atoms with Gasteiger partial charge in [0.25, 0.3) is 0 Å². The van der Waals surface area contributed by atoms with Crippen LogP contribution in [0.1, 0.15) is 51.8 Å². The Hall–Kier alpha value is -6.07. The fraction of sp³-hybridized carbons (Fsp3) is 0.220. The van der Waals surface area contributed by atoms with E-state index >= 15 is 0 Å². The van der Waals surface area contributed by atoms with E-state index in [-0.39, 0.29) is 5.41 Å². The molecule has 0 aliphatic heterocycles. The van der Waals surface area contributed by atoms with Gasteiger partial charge in [-0.15, -0.1) is 0 Å². The molecule has 5 nitrogen and oxygen atoms in total. The van der Waals surface area contributed by atoms with E-state index in [9.17, 15) is 0 Å². The van der Waals surface area contributed by atoms with Crippen molar-refractivity contribution in [2.45, 2.75) is 51.4 Å². The maximum absolute atomic E-state index is 5.69. The maximum atomic E-state index is 5.69. The van der Waals surface area contributed by atoms with E-state index < -0.39 is 0 Å². The summed E-state index contributed by atoms with van der Waals surface area (Å²) in [5.41, 5.74) is 8.81. The molecule has 5 heteroatoms. The Morgan fingerprint density at radius 1 is 0.473 bits per heavy atom. The molecule has 0 spiro atoms. The second kappa shape index (κ2) is 12.5. The first kappa shape index (κ1) is 32.4. The zero-order valence-corrected chi connectivity index (χ0v) is 31.4. The molecule has 2 fully saturated rings. The fourth-order valence-corrected chi connectivity index (χ4v) is 10.9. The Kier molecular flexibility index (Phi) is 7.35. The lowest BCUT2D eigenvalue weighted by Gasteiger charge is -2.49. The zero-order chi connectivity index (χ0) is 36.7. The molecule has 2 bridgehead atoms. The summed E-state index contributed by atoms with van der Waals surface area (Å²) in [6, 6.07) is 52.3. The lowest BCUT2D eigenvalue weighted by Crippen LogP contribution is -2.43. The summed E-state index contributed by atoms with van der Waals surface area (Å²) < 4.78 is 4.73. The lowest BCUT2D eigenvalue weighted by atomic mass is 9.56. The molecule has 55 heavy (non-hydrogen) atoms. The summed E-state index contributed by atoms with van der Waals surface area (Å²) >= 11 is 0. The summed E-state index contributed by atoms with van der Waals surface area (Å²) in [7, 11) is 0. The van der Waals surface area contributed by atoms with Crippen molar-refractivity contribution >= 4 is 43.6 Å². The largest absolute Gasteiger partial charge is 0.308 e. The number of nitrogens with zero attached hydrogens (tertiary/aromatic N) is 5. The summed E-state index contributed by atoms with van der Waals surface area (Å²) in [5.74, 6) is 4.31. The SMILES string of the molecule is C[C@@H]1CC2C[C@H](C)CC(c3nc(-c4cccc(-c5ccccc5)c4-n4c5ccccc5c5ccccc54)nc(-n4c5ccccc5c5ccccc54)n3)(C2)C1. The van der Waals surface area contributed by atoms with Crippen LogP contribution in [0.3, 0.4) is 0 Å². The van der Waals surface area contributed by atoms with Gasteiger partial charge in [0.2, 0.25) is 5.95 Å². The highest BCUT2D eigenvalue weighted by molar-refractivity contribution is 6.11. The molecule has 268 valence electrons. The van der Waals surface area contributed by atoms with Gasteiger partial charge >= 0.3 is 0 Å². The molecule has 11 rings (SSSR count). The van der Waals surface area contributed by atoms with Gasteiger partial charge in [0, 0.05) is 38.1 Å². The molecule has 2 aliphatic carbocycles. The van der Waals surface area contributed by atoms with Gasteiger partial charge < -0.3 is 4.57 Å². The molecule has 0 amide bonds. The van der Waals surface area contributed by atoms with Gasteiger partial charge in [-0.25, -0.2) is 4.98 Å². The van der Waals surface area contributed by atoms with Crippen LogP contribution < -0.4 is 0 Å². The van der Waals surface area contributed by atoms with E-state index in [2.05, 4.69) is 169 Å². The molecule has 0 radical (unpaired) electrons. The van der Waals surface area contributed by atoms with Crippen molar-refractivity contribution in [3.05, 3.63) is 151 Å². The van der Waals surface area contributed by atoms with Gasteiger partial charge in [0.1, 0.15) is 5.82 Å². The summed E-state index contributed by atoms with van der Waals surface area (Å²) in [4.78, 5) is 16.9. The van der Waals surface area contributed by atoms with Crippen LogP contribution in [-0.2, 0) is 5.41 Å². The first-order valence-electron chi connectivity index (χ1n) is 20.0. The first-order valence-corrected chi connectivity index (χ1v) is 20.0. The minimum Gasteiger partial charge on any atom is -0.308 e. The summed E-state index contributed by atoms with van der Waals surface area (Å²) in [5, 5.41) is 4.86. The molecule has 3 heterocycles. The van der Waals surface area contributed by atoms with Gasteiger partial charge in [-0.3, -0.25) is 4.57 Å². The number of fused-ring (bicyclic) bond motifs is 8. The molecule has 4 atom stereocenters. The molecule has 2 saturated carbocycles. The van der Waals surface area contributed by atoms with Gasteiger partial charge in [-0.1, -0.05) is 129 Å². The van der Waals surface area contributed by atoms with Crippen LogP contribution >= 0.6 is 0 Å². The Labute approximate surface area is 321 Å². The number of benzene rings is 6. The maximum Gasteiger partial charge on any atom is 0.238 e. The van der Waals surface area contributed by atoms with Crippen molar-refractivity contribution in [1.29, 1.82) is 0 Å². The van der Waals surface area contributed by atoms with E-state index in [0.29, 0.717) is 23.7 Å². The van der Waals surface area contributed by atoms with Crippen molar-refractivity contribution in [3.63, 3.8) is 0 Å². The molecule has 9 aromatic rings. The van der Waals surface area contributed by atoms with E-state index in [1.807, 2.05) is 0 Å². The molecule has 0 N–H and O–H groups in total. The van der Waals surface area contributed by atoms with Crippen LogP contribution in [0.2, 0.25) is 0 Å². The predicted octanol–water partition coefficient (Wildman–Crippen LogP) is 12.5. The van der Waals surface area contributed by atoms with Crippen LogP contribution in [0.15, 0.2) is 146 Å². The molecule has 2 aliphatic rings. The van der Waals surface area contributed by atoms with Crippen molar-refractivity contribution < 1.29 is 0 Å². The van der Waals surface area contributed by atoms with Crippen molar-refractivity contribution in [2.24, 2.45) is 17.8 Å². The molecule has 2 unspecified atom stereocenters. The molecule has 3 aromatic heterocycles. The normalized spacial score (nSPS) is 21.2. The van der Waals surface area contributed by atoms with Gasteiger partial charge in [-0.2, -0.15) is 9.97 Å². The van der Waals surface area contributed by atoms with E-state index in [4.69, 9.17) is 15.0 Å². The van der Waals surface area contributed by atoms with Crippen LogP contribution in [0.5, 0.6) is 0 Å². The summed E-state index contributed by atoms with van der Waals surface area (Å²) in [6.45, 7) is 4.88. The second-order valence-corrected chi connectivity index (χ2v) is 16.5. The van der Waals surface area contributed by atoms with Crippen LogP contribution in [0.4, 0.5) is 0 Å². The number of para-hydroxylation sites is 5. The third-order valence-electron chi connectivity index (χ3n) is 12.7. The smallest absolute Gasteiger partial charge is 0.238 e. The van der Waals surface area contributed by atoms with Crippen molar-refractivity contribution in [2.75, 3.05) is 0 Å². The number of rotatable bonds is 5. The van der Waals surface area contributed by atoms with E-state index in [0.717, 1.165) is 75.4 Å². The topological polar surface area (TPSA) is 48.5 Å². The number of hydrogen-bond acceptors (Lipinski definition) is 3. The number of hydrogen-bond donors (Lipinski definition) is 0. The Bertz CT molecular complexity index is 2790. The van der Waals surface area contributed by atoms with Crippen LogP contribution in [0, 0.1) is 17.8 Å². The third-order valence-corrected chi connectivity index (χ3v) is 12.7. The first-order chi connectivity index (χ1) is 27.0. The number of aromatic nitrogens is 5. The van der Waals surface area contributed by atoms with Gasteiger partial charge in [-0.05, 0) is 85.8 Å². The highest BCUT2D eigenvalue weighted by Gasteiger charge is 2.47.